The molecule has 0 aliphatic heterocycles. The molecule has 0 N–H and O–H groups in total. The summed E-state index contributed by atoms with van der Waals surface area (Å²) < 4.78 is 11.4. The van der Waals surface area contributed by atoms with Crippen LogP contribution in [0.15, 0.2) is 63.1 Å². The molecule has 0 saturated heterocycles. The second-order valence-electron chi connectivity index (χ2n) is 5.13. The topological polar surface area (TPSA) is 56.5 Å². The van der Waals surface area contributed by atoms with Crippen LogP contribution in [-0.2, 0) is 0 Å². The number of hydrogen-bond acceptors (Lipinski definition) is 6. The van der Waals surface area contributed by atoms with Crippen LogP contribution in [-0.4, -0.2) is 5.97 Å². The summed E-state index contributed by atoms with van der Waals surface area (Å²) in [6, 6.07) is 13.9. The van der Waals surface area contributed by atoms with Crippen molar-refractivity contribution in [3.05, 3.63) is 73.5 Å². The lowest BCUT2D eigenvalue weighted by molar-refractivity contribution is 0.0740. The van der Waals surface area contributed by atoms with Gasteiger partial charge in [0.25, 0.3) is 0 Å². The predicted octanol–water partition coefficient (Wildman–Crippen LogP) is 5.46. The summed E-state index contributed by atoms with van der Waals surface area (Å²) in [6.45, 7) is 0. The molecule has 7 heteroatoms. The molecule has 0 atom stereocenters. The average molecular weight is 389 g/mol. The maximum atomic E-state index is 12.2. The van der Waals surface area contributed by atoms with E-state index in [1.54, 1.807) is 41.8 Å². The molecule has 0 aliphatic rings. The van der Waals surface area contributed by atoms with Crippen LogP contribution in [0.2, 0.25) is 5.02 Å². The molecule has 0 unspecified atom stereocenters. The smallest absolute Gasteiger partial charge is 0.396 e. The van der Waals surface area contributed by atoms with Gasteiger partial charge in [-0.2, -0.15) is 0 Å². The van der Waals surface area contributed by atoms with E-state index in [0.717, 1.165) is 16.9 Å². The third kappa shape index (κ3) is 3.24. The lowest BCUT2D eigenvalue weighted by Crippen LogP contribution is -2.06. The Labute approximate surface area is 154 Å². The molecule has 0 fully saturated rings. The number of benzene rings is 2. The molecule has 4 nitrogen and oxygen atoms in total. The largest absolute Gasteiger partial charge is 0.422 e. The fourth-order valence-electron chi connectivity index (χ4n) is 2.41. The van der Waals surface area contributed by atoms with Crippen molar-refractivity contribution in [3.63, 3.8) is 0 Å². The van der Waals surface area contributed by atoms with Crippen LogP contribution < -0.4 is 9.68 Å². The van der Waals surface area contributed by atoms with Gasteiger partial charge in [0.2, 0.25) is 0 Å². The zero-order chi connectivity index (χ0) is 17.4. The summed E-state index contributed by atoms with van der Waals surface area (Å²) in [6.07, 6.45) is 0. The number of carbonyl (C=O) groups is 1. The minimum absolute atomic E-state index is 0.355. The van der Waals surface area contributed by atoms with E-state index in [1.807, 2.05) is 12.1 Å². The molecule has 124 valence electrons. The summed E-state index contributed by atoms with van der Waals surface area (Å²) in [5.74, 6) is -0.0832. The summed E-state index contributed by atoms with van der Waals surface area (Å²) in [4.78, 5) is 24.0. The number of thiophene rings is 1. The molecule has 25 heavy (non-hydrogen) atoms. The van der Waals surface area contributed by atoms with E-state index >= 15 is 0 Å². The number of esters is 1. The van der Waals surface area contributed by atoms with Gasteiger partial charge in [0.05, 0.1) is 4.70 Å². The number of halogens is 1. The molecule has 0 bridgehead atoms. The first kappa shape index (κ1) is 16.1. The summed E-state index contributed by atoms with van der Waals surface area (Å²) in [7, 11) is 0. The van der Waals surface area contributed by atoms with Crippen LogP contribution in [0.4, 0.5) is 0 Å². The molecular formula is C18H9ClO4S2. The van der Waals surface area contributed by atoms with Gasteiger partial charge in [-0.15, -0.1) is 11.3 Å². The van der Waals surface area contributed by atoms with Gasteiger partial charge >= 0.3 is 10.9 Å². The fourth-order valence-corrected chi connectivity index (χ4v) is 3.86. The first-order chi connectivity index (χ1) is 12.1. The van der Waals surface area contributed by atoms with E-state index < -0.39 is 10.9 Å². The molecule has 0 radical (unpaired) electrons. The Morgan fingerprint density at radius 1 is 1.12 bits per heavy atom. The van der Waals surface area contributed by atoms with Gasteiger partial charge in [-0.25, -0.2) is 9.59 Å². The summed E-state index contributed by atoms with van der Waals surface area (Å²) >= 11 is 8.21. The highest BCUT2D eigenvalue weighted by Crippen LogP contribution is 2.35. The molecule has 0 aliphatic carbocycles. The Bertz CT molecular complexity index is 1110. The van der Waals surface area contributed by atoms with Gasteiger partial charge in [-0.05, 0) is 35.2 Å². The SMILES string of the molecule is O=C(Oc1cc(-c2ccc(Cl)cc2)c2oc(=O)sc2c1)c1cccs1. The monoisotopic (exact) mass is 388 g/mol. The van der Waals surface area contributed by atoms with Crippen LogP contribution in [0.3, 0.4) is 0 Å². The molecule has 0 amide bonds. The summed E-state index contributed by atoms with van der Waals surface area (Å²) in [5, 5.41) is 2.41. The highest BCUT2D eigenvalue weighted by Gasteiger charge is 2.16. The third-order valence-corrected chi connectivity index (χ3v) is 5.37. The van der Waals surface area contributed by atoms with Crippen LogP contribution in [0, 0.1) is 0 Å². The van der Waals surface area contributed by atoms with E-state index in [9.17, 15) is 9.59 Å². The molecular weight excluding hydrogens is 380 g/mol. The lowest BCUT2D eigenvalue weighted by atomic mass is 10.0. The average Bonchev–Trinajstić information content (AvgIpc) is 3.23. The van der Waals surface area contributed by atoms with Crippen molar-refractivity contribution in [2.24, 2.45) is 0 Å². The quantitative estimate of drug-likeness (QED) is 0.345. The predicted molar refractivity (Wildman–Crippen MR) is 100 cm³/mol. The molecule has 4 aromatic rings. The second-order valence-corrected chi connectivity index (χ2v) is 7.49. The second kappa shape index (κ2) is 6.48. The molecule has 0 saturated carbocycles. The Hall–Kier alpha value is -2.41. The van der Waals surface area contributed by atoms with Crippen molar-refractivity contribution in [2.75, 3.05) is 0 Å². The lowest BCUT2D eigenvalue weighted by Gasteiger charge is -2.07. The number of ether oxygens (including phenoxy) is 1. The zero-order valence-electron chi connectivity index (χ0n) is 12.5. The van der Waals surface area contributed by atoms with E-state index in [2.05, 4.69) is 0 Å². The van der Waals surface area contributed by atoms with Crippen molar-refractivity contribution in [2.45, 2.75) is 0 Å². The van der Waals surface area contributed by atoms with Crippen LogP contribution in [0.1, 0.15) is 9.67 Å². The molecule has 2 aromatic heterocycles. The minimum atomic E-state index is -0.438. The molecule has 4 rings (SSSR count). The molecule has 0 spiro atoms. The van der Waals surface area contributed by atoms with Crippen molar-refractivity contribution in [3.8, 4) is 16.9 Å². The minimum Gasteiger partial charge on any atom is -0.422 e. The van der Waals surface area contributed by atoms with Crippen molar-refractivity contribution < 1.29 is 13.9 Å². The van der Waals surface area contributed by atoms with Crippen molar-refractivity contribution >= 4 is 50.5 Å². The Morgan fingerprint density at radius 3 is 2.64 bits per heavy atom. The standard InChI is InChI=1S/C18H9ClO4S2/c19-11-5-3-10(4-6-11)13-8-12(9-15-16(13)23-18(21)25-15)22-17(20)14-2-1-7-24-14/h1-9H. The number of fused-ring (bicyclic) bond motifs is 1. The Balaban J connectivity index is 1.82. The van der Waals surface area contributed by atoms with E-state index in [4.69, 9.17) is 20.8 Å². The summed E-state index contributed by atoms with van der Waals surface area (Å²) in [5.41, 5.74) is 1.94. The van der Waals surface area contributed by atoms with Gasteiger partial charge < -0.3 is 9.15 Å². The number of carbonyl (C=O) groups excluding carboxylic acids is 1. The van der Waals surface area contributed by atoms with Crippen molar-refractivity contribution in [1.29, 1.82) is 0 Å². The third-order valence-electron chi connectivity index (χ3n) is 3.50. The molecule has 2 aromatic carbocycles. The fraction of sp³-hybridized carbons (Fsp3) is 0. The van der Waals surface area contributed by atoms with Gasteiger partial charge in [0, 0.05) is 16.7 Å². The number of rotatable bonds is 3. The van der Waals surface area contributed by atoms with E-state index in [0.29, 0.717) is 31.5 Å². The maximum absolute atomic E-state index is 12.2. The van der Waals surface area contributed by atoms with Gasteiger partial charge in [-0.3, -0.25) is 0 Å². The highest BCUT2D eigenvalue weighted by atomic mass is 35.5. The van der Waals surface area contributed by atoms with Gasteiger partial charge in [0.1, 0.15) is 10.6 Å². The maximum Gasteiger partial charge on any atom is 0.396 e. The van der Waals surface area contributed by atoms with Crippen molar-refractivity contribution in [1.82, 2.24) is 0 Å². The zero-order valence-corrected chi connectivity index (χ0v) is 14.9. The Kier molecular flexibility index (Phi) is 4.17. The van der Waals surface area contributed by atoms with E-state index in [-0.39, 0.29) is 0 Å². The van der Waals surface area contributed by atoms with Crippen LogP contribution >= 0.6 is 34.3 Å². The number of hydrogen-bond donors (Lipinski definition) is 0. The first-order valence-electron chi connectivity index (χ1n) is 7.19. The van der Waals surface area contributed by atoms with Crippen LogP contribution in [0.25, 0.3) is 21.4 Å². The Morgan fingerprint density at radius 2 is 1.92 bits per heavy atom. The highest BCUT2D eigenvalue weighted by molar-refractivity contribution is 7.16. The van der Waals surface area contributed by atoms with Gasteiger partial charge in [0.15, 0.2) is 5.58 Å². The molecule has 2 heterocycles. The normalized spacial score (nSPS) is 10.9. The van der Waals surface area contributed by atoms with Crippen LogP contribution in [0.5, 0.6) is 5.75 Å². The van der Waals surface area contributed by atoms with E-state index in [1.165, 1.54) is 11.3 Å². The van der Waals surface area contributed by atoms with Gasteiger partial charge in [-0.1, -0.05) is 41.1 Å². The first-order valence-corrected chi connectivity index (χ1v) is 9.27.